The first-order valence-corrected chi connectivity index (χ1v) is 11.2. The maximum absolute atomic E-state index is 13.6. The minimum Gasteiger partial charge on any atom is -0.384 e. The molecule has 0 bridgehead atoms. The van der Waals surface area contributed by atoms with Gasteiger partial charge in [-0.25, -0.2) is 19.3 Å². The molecular formula is C23H23ClFN5OS. The third-order valence-electron chi connectivity index (χ3n) is 5.33. The quantitative estimate of drug-likeness (QED) is 0.504. The maximum atomic E-state index is 13.6. The van der Waals surface area contributed by atoms with Crippen molar-refractivity contribution in [2.45, 2.75) is 48.4 Å². The Morgan fingerprint density at radius 1 is 1.19 bits per heavy atom. The molecule has 3 aromatic heterocycles. The predicted octanol–water partition coefficient (Wildman–Crippen LogP) is 5.38. The molecule has 1 N–H and O–H groups in total. The molecule has 32 heavy (non-hydrogen) atoms. The van der Waals surface area contributed by atoms with Crippen LogP contribution in [0.1, 0.15) is 38.7 Å². The Hall–Kier alpha value is -2.55. The van der Waals surface area contributed by atoms with Gasteiger partial charge in [-0.3, -0.25) is 4.98 Å². The number of nitrogens with zero attached hydrogens (tertiary/aromatic N) is 5. The molecule has 3 heterocycles. The number of allylic oxidation sites excluding steroid dienone is 4. The topological polar surface area (TPSA) is 76.7 Å². The molecule has 6 nitrogen and oxygen atoms in total. The summed E-state index contributed by atoms with van der Waals surface area (Å²) in [6, 6.07) is 3.68. The van der Waals surface area contributed by atoms with Gasteiger partial charge in [0, 0.05) is 24.2 Å². The average Bonchev–Trinajstić information content (AvgIpc) is 3.08. The number of hydrogen-bond acceptors (Lipinski definition) is 6. The fourth-order valence-electron chi connectivity index (χ4n) is 3.51. The zero-order chi connectivity index (χ0) is 23.1. The number of pyridine rings is 1. The smallest absolute Gasteiger partial charge is 0.193 e. The Bertz CT molecular complexity index is 1200. The Balaban J connectivity index is 1.82. The number of imidazole rings is 1. The molecule has 0 aliphatic heterocycles. The van der Waals surface area contributed by atoms with Gasteiger partial charge in [0.05, 0.1) is 23.1 Å². The van der Waals surface area contributed by atoms with Crippen LogP contribution < -0.4 is 0 Å². The van der Waals surface area contributed by atoms with Crippen LogP contribution in [0.3, 0.4) is 0 Å². The van der Waals surface area contributed by atoms with Crippen molar-refractivity contribution in [1.29, 1.82) is 0 Å². The number of aromatic nitrogens is 5. The summed E-state index contributed by atoms with van der Waals surface area (Å²) >= 11 is 7.30. The van der Waals surface area contributed by atoms with Crippen LogP contribution in [-0.2, 0) is 18.1 Å². The molecule has 1 aliphatic rings. The lowest BCUT2D eigenvalue weighted by atomic mass is 9.82. The third-order valence-corrected chi connectivity index (χ3v) is 6.58. The van der Waals surface area contributed by atoms with Gasteiger partial charge >= 0.3 is 0 Å². The Kier molecular flexibility index (Phi) is 5.96. The Labute approximate surface area is 195 Å². The van der Waals surface area contributed by atoms with Crippen LogP contribution in [0.2, 0.25) is 5.02 Å². The average molecular weight is 472 g/mol. The highest BCUT2D eigenvalue weighted by Gasteiger charge is 2.33. The highest BCUT2D eigenvalue weighted by atomic mass is 35.5. The van der Waals surface area contributed by atoms with Crippen LogP contribution in [-0.4, -0.2) is 29.6 Å². The van der Waals surface area contributed by atoms with Gasteiger partial charge < -0.3 is 9.67 Å². The monoisotopic (exact) mass is 471 g/mol. The van der Waals surface area contributed by atoms with Gasteiger partial charge in [0.25, 0.3) is 0 Å². The van der Waals surface area contributed by atoms with Gasteiger partial charge in [0.15, 0.2) is 5.16 Å². The molecule has 9 heteroatoms. The number of hydrogen-bond donors (Lipinski definition) is 1. The van der Waals surface area contributed by atoms with Crippen LogP contribution in [0.5, 0.6) is 0 Å². The molecule has 0 fully saturated rings. The molecular weight excluding hydrogens is 449 g/mol. The normalized spacial score (nSPS) is 18.7. The van der Waals surface area contributed by atoms with Crippen molar-refractivity contribution in [3.05, 3.63) is 71.3 Å². The molecule has 1 unspecified atom stereocenters. The van der Waals surface area contributed by atoms with Crippen molar-refractivity contribution in [3.8, 4) is 11.3 Å². The number of aliphatic hydroxyl groups is 1. The van der Waals surface area contributed by atoms with E-state index in [1.54, 1.807) is 44.6 Å². The molecule has 4 rings (SSSR count). The summed E-state index contributed by atoms with van der Waals surface area (Å²) in [4.78, 5) is 18.0. The minimum absolute atomic E-state index is 0.243. The lowest BCUT2D eigenvalue weighted by molar-refractivity contribution is 0.0739. The first-order chi connectivity index (χ1) is 15.1. The van der Waals surface area contributed by atoms with Crippen molar-refractivity contribution >= 4 is 23.4 Å². The van der Waals surface area contributed by atoms with Crippen LogP contribution in [0.15, 0.2) is 65.0 Å². The summed E-state index contributed by atoms with van der Waals surface area (Å²) in [7, 11) is 1.93. The summed E-state index contributed by atoms with van der Waals surface area (Å²) in [6.07, 6.45) is 10.2. The molecule has 0 amide bonds. The van der Waals surface area contributed by atoms with Crippen molar-refractivity contribution in [1.82, 2.24) is 24.5 Å². The van der Waals surface area contributed by atoms with E-state index in [4.69, 9.17) is 16.6 Å². The van der Waals surface area contributed by atoms with Crippen molar-refractivity contribution in [2.24, 2.45) is 7.05 Å². The van der Waals surface area contributed by atoms with Crippen LogP contribution >= 0.6 is 23.4 Å². The van der Waals surface area contributed by atoms with Gasteiger partial charge in [-0.05, 0) is 63.2 Å². The van der Waals surface area contributed by atoms with E-state index in [9.17, 15) is 9.50 Å². The molecule has 0 saturated heterocycles. The van der Waals surface area contributed by atoms with Crippen LogP contribution in [0.4, 0.5) is 4.39 Å². The first kappa shape index (κ1) is 22.6. The van der Waals surface area contributed by atoms with E-state index in [1.807, 2.05) is 30.7 Å². The molecule has 0 aromatic carbocycles. The number of rotatable bonds is 5. The highest BCUT2D eigenvalue weighted by Crippen LogP contribution is 2.40. The fourth-order valence-corrected chi connectivity index (χ4v) is 4.47. The van der Waals surface area contributed by atoms with E-state index in [0.717, 1.165) is 16.4 Å². The Morgan fingerprint density at radius 2 is 1.91 bits per heavy atom. The van der Waals surface area contributed by atoms with Crippen molar-refractivity contribution in [2.75, 3.05) is 0 Å². The fraction of sp³-hybridized carbons (Fsp3) is 0.304. The lowest BCUT2D eigenvalue weighted by Gasteiger charge is -2.26. The van der Waals surface area contributed by atoms with E-state index in [2.05, 4.69) is 15.0 Å². The second-order valence-electron chi connectivity index (χ2n) is 8.47. The van der Waals surface area contributed by atoms with Crippen molar-refractivity contribution in [3.63, 3.8) is 0 Å². The van der Waals surface area contributed by atoms with Crippen molar-refractivity contribution < 1.29 is 9.50 Å². The van der Waals surface area contributed by atoms with E-state index in [1.165, 1.54) is 17.8 Å². The van der Waals surface area contributed by atoms with Crippen LogP contribution in [0.25, 0.3) is 11.3 Å². The van der Waals surface area contributed by atoms with Gasteiger partial charge in [-0.1, -0.05) is 17.7 Å². The lowest BCUT2D eigenvalue weighted by Crippen LogP contribution is -2.24. The largest absolute Gasteiger partial charge is 0.384 e. The standard InChI is InChI=1S/C23H23ClFN5OS/c1-22(2,31)17-6-5-14(11-26-17)18-19(32-21-27-12-15(24)13-28-21)30(4)20(29-18)23(3)9-7-16(25)8-10-23/h5-9,11-13,31H,10H2,1-4H3. The second kappa shape index (κ2) is 8.42. The second-order valence-corrected chi connectivity index (χ2v) is 9.86. The zero-order valence-electron chi connectivity index (χ0n) is 18.2. The number of halogens is 2. The summed E-state index contributed by atoms with van der Waals surface area (Å²) in [5, 5.41) is 12.1. The summed E-state index contributed by atoms with van der Waals surface area (Å²) in [6.45, 7) is 5.41. The van der Waals surface area contributed by atoms with E-state index in [0.29, 0.717) is 28.0 Å². The third kappa shape index (κ3) is 4.48. The predicted molar refractivity (Wildman–Crippen MR) is 123 cm³/mol. The summed E-state index contributed by atoms with van der Waals surface area (Å²) in [5.74, 6) is 0.544. The minimum atomic E-state index is -1.04. The molecule has 0 radical (unpaired) electrons. The van der Waals surface area contributed by atoms with Gasteiger partial charge in [0.2, 0.25) is 0 Å². The maximum Gasteiger partial charge on any atom is 0.193 e. The summed E-state index contributed by atoms with van der Waals surface area (Å²) < 4.78 is 15.6. The SMILES string of the molecule is Cn1c(C2(C)C=CC(F)=CC2)nc(-c2ccc(C(C)(C)O)nc2)c1Sc1ncc(Cl)cn1. The van der Waals surface area contributed by atoms with E-state index in [-0.39, 0.29) is 5.83 Å². The Morgan fingerprint density at radius 3 is 2.47 bits per heavy atom. The van der Waals surface area contributed by atoms with Gasteiger partial charge in [0.1, 0.15) is 28.0 Å². The molecule has 166 valence electrons. The summed E-state index contributed by atoms with van der Waals surface area (Å²) in [5.41, 5.74) is 0.556. The van der Waals surface area contributed by atoms with E-state index < -0.39 is 11.0 Å². The molecule has 3 aromatic rings. The van der Waals surface area contributed by atoms with E-state index >= 15 is 0 Å². The molecule has 1 aliphatic carbocycles. The zero-order valence-corrected chi connectivity index (χ0v) is 19.7. The molecule has 0 spiro atoms. The van der Waals surface area contributed by atoms with Gasteiger partial charge in [-0.15, -0.1) is 0 Å². The van der Waals surface area contributed by atoms with Crippen LogP contribution in [0, 0.1) is 0 Å². The van der Waals surface area contributed by atoms with Gasteiger partial charge in [-0.2, -0.15) is 0 Å². The first-order valence-electron chi connectivity index (χ1n) is 10.0. The molecule has 0 saturated carbocycles. The highest BCUT2D eigenvalue weighted by molar-refractivity contribution is 7.99. The molecule has 1 atom stereocenters.